The molecule has 0 aromatic carbocycles. The number of nitrogens with zero attached hydrogens (tertiary/aromatic N) is 3. The van der Waals surface area contributed by atoms with Crippen LogP contribution in [0.2, 0.25) is 0 Å². The number of aromatic nitrogens is 2. The van der Waals surface area contributed by atoms with Gasteiger partial charge in [0, 0.05) is 17.8 Å². The van der Waals surface area contributed by atoms with Crippen LogP contribution in [0, 0.1) is 0 Å². The van der Waals surface area contributed by atoms with Gasteiger partial charge in [-0.15, -0.1) is 11.3 Å². The number of thiophene rings is 1. The summed E-state index contributed by atoms with van der Waals surface area (Å²) in [6, 6.07) is 4.40. The highest BCUT2D eigenvalue weighted by Gasteiger charge is 2.18. The molecule has 2 rings (SSSR count). The molecule has 0 amide bonds. The Morgan fingerprint density at radius 1 is 1.35 bits per heavy atom. The molecule has 0 aliphatic heterocycles. The molecule has 0 fully saturated rings. The lowest BCUT2D eigenvalue weighted by Crippen LogP contribution is -2.23. The van der Waals surface area contributed by atoms with Crippen LogP contribution in [0.4, 0.5) is 5.69 Å². The molecule has 2 aromatic heterocycles. The molecule has 1 atom stereocenters. The van der Waals surface area contributed by atoms with E-state index in [1.165, 1.54) is 4.88 Å². The third-order valence-corrected chi connectivity index (χ3v) is 4.49. The molecule has 0 aliphatic carbocycles. The second-order valence-electron chi connectivity index (χ2n) is 5.18. The molecule has 108 valence electrons. The zero-order valence-electron chi connectivity index (χ0n) is 12.4. The first-order chi connectivity index (χ1) is 9.54. The minimum absolute atomic E-state index is 0.0704. The maximum absolute atomic E-state index is 9.57. The van der Waals surface area contributed by atoms with Crippen molar-refractivity contribution in [3.8, 4) is 0 Å². The zero-order valence-corrected chi connectivity index (χ0v) is 13.2. The summed E-state index contributed by atoms with van der Waals surface area (Å²) in [6.45, 7) is 6.17. The summed E-state index contributed by atoms with van der Waals surface area (Å²) in [5.41, 5.74) is 1.58. The standard InChI is InChI=1S/C15H21N3OS/c1-10(2)15-16-8-13(12(9-19)17-15)18(4)11(3)14-6-5-7-20-14/h5-8,10-11,19H,9H2,1-4H3. The number of anilines is 1. The molecule has 0 saturated carbocycles. The highest BCUT2D eigenvalue weighted by atomic mass is 32.1. The monoisotopic (exact) mass is 291 g/mol. The topological polar surface area (TPSA) is 49.2 Å². The molecule has 1 unspecified atom stereocenters. The summed E-state index contributed by atoms with van der Waals surface area (Å²) < 4.78 is 0. The van der Waals surface area contributed by atoms with Crippen LogP contribution in [0.15, 0.2) is 23.7 Å². The molecule has 0 saturated heterocycles. The van der Waals surface area contributed by atoms with E-state index >= 15 is 0 Å². The molecule has 20 heavy (non-hydrogen) atoms. The van der Waals surface area contributed by atoms with Gasteiger partial charge in [-0.2, -0.15) is 0 Å². The maximum Gasteiger partial charge on any atom is 0.131 e. The third-order valence-electron chi connectivity index (χ3n) is 3.45. The highest BCUT2D eigenvalue weighted by Crippen LogP contribution is 2.29. The number of hydrogen-bond donors (Lipinski definition) is 1. The Labute approximate surface area is 124 Å². The van der Waals surface area contributed by atoms with Gasteiger partial charge in [0.15, 0.2) is 0 Å². The van der Waals surface area contributed by atoms with E-state index in [0.717, 1.165) is 11.5 Å². The summed E-state index contributed by atoms with van der Waals surface area (Å²) in [5, 5.41) is 11.6. The average Bonchev–Trinajstić information content (AvgIpc) is 2.99. The fourth-order valence-corrected chi connectivity index (χ4v) is 2.87. The van der Waals surface area contributed by atoms with Gasteiger partial charge in [-0.3, -0.25) is 0 Å². The highest BCUT2D eigenvalue weighted by molar-refractivity contribution is 7.10. The van der Waals surface area contributed by atoms with Gasteiger partial charge in [0.05, 0.1) is 30.2 Å². The third kappa shape index (κ3) is 2.99. The number of rotatable bonds is 5. The Bertz CT molecular complexity index is 554. The van der Waals surface area contributed by atoms with Gasteiger partial charge < -0.3 is 10.0 Å². The summed E-state index contributed by atoms with van der Waals surface area (Å²) in [7, 11) is 2.01. The second kappa shape index (κ2) is 6.33. The number of aliphatic hydroxyl groups is 1. The first-order valence-corrected chi connectivity index (χ1v) is 7.65. The van der Waals surface area contributed by atoms with E-state index < -0.39 is 0 Å². The Balaban J connectivity index is 2.32. The Hall–Kier alpha value is -1.46. The lowest BCUT2D eigenvalue weighted by Gasteiger charge is -2.27. The Morgan fingerprint density at radius 3 is 2.65 bits per heavy atom. The first kappa shape index (κ1) is 14.9. The zero-order chi connectivity index (χ0) is 14.7. The number of aliphatic hydroxyl groups excluding tert-OH is 1. The Kier molecular flexibility index (Phi) is 4.73. The van der Waals surface area contributed by atoms with Crippen molar-refractivity contribution in [3.05, 3.63) is 40.1 Å². The molecule has 2 aromatic rings. The molecule has 1 N–H and O–H groups in total. The summed E-state index contributed by atoms with van der Waals surface area (Å²) in [5.74, 6) is 1.03. The fourth-order valence-electron chi connectivity index (χ4n) is 2.04. The predicted molar refractivity (Wildman–Crippen MR) is 83.2 cm³/mol. The van der Waals surface area contributed by atoms with Crippen molar-refractivity contribution >= 4 is 17.0 Å². The smallest absolute Gasteiger partial charge is 0.131 e. The largest absolute Gasteiger partial charge is 0.390 e. The van der Waals surface area contributed by atoms with Crippen molar-refractivity contribution in [2.24, 2.45) is 0 Å². The van der Waals surface area contributed by atoms with Crippen molar-refractivity contribution < 1.29 is 5.11 Å². The fraction of sp³-hybridized carbons (Fsp3) is 0.467. The van der Waals surface area contributed by atoms with Crippen molar-refractivity contribution in [2.45, 2.75) is 39.3 Å². The Morgan fingerprint density at radius 2 is 2.10 bits per heavy atom. The summed E-state index contributed by atoms with van der Waals surface area (Å²) in [6.07, 6.45) is 1.82. The van der Waals surface area contributed by atoms with Gasteiger partial charge in [-0.05, 0) is 18.4 Å². The van der Waals surface area contributed by atoms with Gasteiger partial charge in [0.1, 0.15) is 5.82 Å². The van der Waals surface area contributed by atoms with E-state index in [-0.39, 0.29) is 18.6 Å². The van der Waals surface area contributed by atoms with E-state index in [0.29, 0.717) is 5.69 Å². The van der Waals surface area contributed by atoms with Gasteiger partial charge >= 0.3 is 0 Å². The van der Waals surface area contributed by atoms with Crippen molar-refractivity contribution in [2.75, 3.05) is 11.9 Å². The van der Waals surface area contributed by atoms with E-state index in [2.05, 4.69) is 39.3 Å². The van der Waals surface area contributed by atoms with Crippen LogP contribution in [0.5, 0.6) is 0 Å². The quantitative estimate of drug-likeness (QED) is 0.918. The van der Waals surface area contributed by atoms with Crippen LogP contribution in [0.1, 0.15) is 49.1 Å². The van der Waals surface area contributed by atoms with Crippen LogP contribution < -0.4 is 4.90 Å². The SMILES string of the molecule is CC(C)c1ncc(N(C)C(C)c2cccs2)c(CO)n1. The maximum atomic E-state index is 9.57. The summed E-state index contributed by atoms with van der Waals surface area (Å²) in [4.78, 5) is 12.3. The normalized spacial score (nSPS) is 12.7. The van der Waals surface area contributed by atoms with Crippen LogP contribution >= 0.6 is 11.3 Å². The van der Waals surface area contributed by atoms with Gasteiger partial charge in [0.2, 0.25) is 0 Å². The molecule has 4 nitrogen and oxygen atoms in total. The molecule has 0 bridgehead atoms. The van der Waals surface area contributed by atoms with E-state index in [1.807, 2.05) is 27.1 Å². The molecular weight excluding hydrogens is 270 g/mol. The van der Waals surface area contributed by atoms with Gasteiger partial charge in [-0.1, -0.05) is 19.9 Å². The van der Waals surface area contributed by atoms with Crippen LogP contribution in [0.3, 0.4) is 0 Å². The van der Waals surface area contributed by atoms with Gasteiger partial charge in [0.25, 0.3) is 0 Å². The molecule has 0 radical (unpaired) electrons. The summed E-state index contributed by atoms with van der Waals surface area (Å²) >= 11 is 1.73. The van der Waals surface area contributed by atoms with E-state index in [4.69, 9.17) is 0 Å². The van der Waals surface area contributed by atoms with Crippen LogP contribution in [0.25, 0.3) is 0 Å². The molecular formula is C15H21N3OS. The molecule has 2 heterocycles. The van der Waals surface area contributed by atoms with Crippen molar-refractivity contribution in [1.29, 1.82) is 0 Å². The van der Waals surface area contributed by atoms with Crippen LogP contribution in [-0.4, -0.2) is 22.1 Å². The van der Waals surface area contributed by atoms with Crippen molar-refractivity contribution in [3.63, 3.8) is 0 Å². The molecule has 0 spiro atoms. The van der Waals surface area contributed by atoms with E-state index in [9.17, 15) is 5.11 Å². The minimum atomic E-state index is -0.0704. The van der Waals surface area contributed by atoms with Crippen molar-refractivity contribution in [1.82, 2.24) is 9.97 Å². The second-order valence-corrected chi connectivity index (χ2v) is 6.15. The molecule has 5 heteroatoms. The minimum Gasteiger partial charge on any atom is -0.390 e. The van der Waals surface area contributed by atoms with E-state index in [1.54, 1.807) is 11.3 Å². The average molecular weight is 291 g/mol. The molecule has 0 aliphatic rings. The van der Waals surface area contributed by atoms with Crippen LogP contribution in [-0.2, 0) is 6.61 Å². The first-order valence-electron chi connectivity index (χ1n) is 6.77. The predicted octanol–water partition coefficient (Wildman–Crippen LogP) is 3.35. The number of hydrogen-bond acceptors (Lipinski definition) is 5. The lowest BCUT2D eigenvalue weighted by atomic mass is 10.2. The van der Waals surface area contributed by atoms with Gasteiger partial charge in [-0.25, -0.2) is 9.97 Å². The lowest BCUT2D eigenvalue weighted by molar-refractivity contribution is 0.276.